The summed E-state index contributed by atoms with van der Waals surface area (Å²) in [4.78, 5) is 22.8. The van der Waals surface area contributed by atoms with Crippen LogP contribution in [0.15, 0.2) is 12.3 Å². The van der Waals surface area contributed by atoms with E-state index in [1.54, 1.807) is 0 Å². The number of alkyl halides is 1. The van der Waals surface area contributed by atoms with Crippen molar-refractivity contribution in [1.29, 1.82) is 0 Å². The lowest BCUT2D eigenvalue weighted by Crippen LogP contribution is -2.62. The van der Waals surface area contributed by atoms with Gasteiger partial charge in [0.25, 0.3) is 5.91 Å². The average Bonchev–Trinajstić information content (AvgIpc) is 2.81. The van der Waals surface area contributed by atoms with Gasteiger partial charge in [0, 0.05) is 6.54 Å². The quantitative estimate of drug-likeness (QED) is 0.254. The van der Waals surface area contributed by atoms with Gasteiger partial charge < -0.3 is 20.7 Å². The molecule has 0 radical (unpaired) electrons. The first kappa shape index (κ1) is 12.6. The van der Waals surface area contributed by atoms with E-state index in [0.717, 1.165) is 12.3 Å². The van der Waals surface area contributed by atoms with Crippen molar-refractivity contribution in [2.24, 2.45) is 5.73 Å². The number of imide groups is 1. The second-order valence-electron chi connectivity index (χ2n) is 4.91. The average molecular weight is 274 g/mol. The highest BCUT2D eigenvalue weighted by atomic mass is 19.2. The van der Waals surface area contributed by atoms with Crippen molar-refractivity contribution in [3.05, 3.63) is 12.3 Å². The van der Waals surface area contributed by atoms with Crippen LogP contribution in [0.25, 0.3) is 0 Å². The lowest BCUT2D eigenvalue weighted by atomic mass is 9.95. The third-order valence-corrected chi connectivity index (χ3v) is 4.08. The molecule has 0 aromatic carbocycles. The summed E-state index contributed by atoms with van der Waals surface area (Å²) >= 11 is 0. The van der Waals surface area contributed by atoms with Gasteiger partial charge in [0.2, 0.25) is 0 Å². The molecule has 3 heterocycles. The Balaban J connectivity index is 2.00. The third-order valence-electron chi connectivity index (χ3n) is 4.08. The van der Waals surface area contributed by atoms with Crippen LogP contribution in [-0.4, -0.2) is 63.5 Å². The van der Waals surface area contributed by atoms with Gasteiger partial charge in [0.05, 0.1) is 12.7 Å². The Kier molecular flexibility index (Phi) is 2.25. The van der Waals surface area contributed by atoms with E-state index in [1.807, 2.05) is 5.32 Å². The first-order valence-electron chi connectivity index (χ1n) is 5.68. The van der Waals surface area contributed by atoms with Crippen molar-refractivity contribution in [3.63, 3.8) is 0 Å². The summed E-state index contributed by atoms with van der Waals surface area (Å²) in [5, 5.41) is 21.2. The molecule has 19 heavy (non-hydrogen) atoms. The molecule has 3 amide bonds. The number of urea groups is 1. The van der Waals surface area contributed by atoms with Crippen LogP contribution < -0.4 is 11.1 Å². The van der Waals surface area contributed by atoms with Gasteiger partial charge in [-0.05, 0) is 0 Å². The number of carbonyl (C=O) groups excluding carboxylic acids is 2. The Bertz CT molecular complexity index is 507. The van der Waals surface area contributed by atoms with E-state index in [2.05, 4.69) is 0 Å². The fourth-order valence-electron chi connectivity index (χ4n) is 2.85. The van der Waals surface area contributed by atoms with E-state index in [1.165, 1.54) is 0 Å². The number of carbonyl (C=O) groups is 2. The summed E-state index contributed by atoms with van der Waals surface area (Å²) in [5.41, 5.74) is 3.77. The van der Waals surface area contributed by atoms with Crippen molar-refractivity contribution in [2.45, 2.75) is 23.7 Å². The minimum absolute atomic E-state index is 0.295. The van der Waals surface area contributed by atoms with E-state index in [0.29, 0.717) is 0 Å². The Labute approximate surface area is 106 Å². The SMILES string of the molecule is NC[C@]1(CO)O[C@@H]2[C@@](F)([C@@H]1O)[N+]21C=CC(=O)NC1=O. The predicted molar refractivity (Wildman–Crippen MR) is 56.5 cm³/mol. The lowest BCUT2D eigenvalue weighted by Gasteiger charge is -2.33. The Morgan fingerprint density at radius 1 is 1.58 bits per heavy atom. The number of rotatable bonds is 2. The fourth-order valence-corrected chi connectivity index (χ4v) is 2.85. The number of nitrogens with one attached hydrogen (secondary N) is 1. The Morgan fingerprint density at radius 2 is 2.26 bits per heavy atom. The van der Waals surface area contributed by atoms with Gasteiger partial charge in [0.1, 0.15) is 11.8 Å². The first-order chi connectivity index (χ1) is 8.89. The van der Waals surface area contributed by atoms with E-state index >= 15 is 0 Å². The summed E-state index contributed by atoms with van der Waals surface area (Å²) in [7, 11) is 0. The van der Waals surface area contributed by atoms with Gasteiger partial charge in [-0.1, -0.05) is 0 Å². The van der Waals surface area contributed by atoms with Crippen LogP contribution >= 0.6 is 0 Å². The molecular formula is C10H13FN3O5+. The van der Waals surface area contributed by atoms with Crippen LogP contribution in [0.5, 0.6) is 0 Å². The van der Waals surface area contributed by atoms with Crippen LogP contribution in [0.3, 0.4) is 0 Å². The van der Waals surface area contributed by atoms with Crippen molar-refractivity contribution in [2.75, 3.05) is 13.2 Å². The summed E-state index contributed by atoms with van der Waals surface area (Å²) in [6.07, 6.45) is -1.04. The standard InChI is InChI=1S/C10H12FN3O5/c11-10-6(17)9(3-12,4-15)19-7(10)14(10)2-1-5(16)13-8(14)18/h1-2,6-7,15,17H,3-4,12H2/p+1/t6-,7-,9-,10-,14?/m1/s1. The number of hydrogen-bond donors (Lipinski definition) is 4. The molecule has 0 saturated carbocycles. The number of aliphatic hydroxyl groups excluding tert-OH is 2. The fraction of sp³-hybridized carbons (Fsp3) is 0.600. The molecule has 1 unspecified atom stereocenters. The summed E-state index contributed by atoms with van der Waals surface area (Å²) < 4.78 is 19.2. The molecule has 8 nitrogen and oxygen atoms in total. The molecule has 0 aromatic rings. The number of nitrogens with zero attached hydrogens (tertiary/aromatic N) is 1. The molecule has 0 aromatic heterocycles. The largest absolute Gasteiger partial charge is 0.433 e. The van der Waals surface area contributed by atoms with Crippen LogP contribution in [0.4, 0.5) is 9.18 Å². The Hall–Kier alpha value is -1.39. The molecule has 3 rings (SSSR count). The van der Waals surface area contributed by atoms with E-state index in [-0.39, 0.29) is 6.54 Å². The molecule has 3 aliphatic rings. The third kappa shape index (κ3) is 1.11. The highest BCUT2D eigenvalue weighted by Gasteiger charge is 2.97. The second kappa shape index (κ2) is 3.38. The van der Waals surface area contributed by atoms with Gasteiger partial charge in [-0.3, -0.25) is 4.79 Å². The predicted octanol–water partition coefficient (Wildman–Crippen LogP) is -2.35. The maximum atomic E-state index is 14.9. The smallest absolute Gasteiger partial charge is 0.393 e. The van der Waals surface area contributed by atoms with Gasteiger partial charge in [-0.25, -0.2) is 10.1 Å². The van der Waals surface area contributed by atoms with Crippen molar-refractivity contribution in [1.82, 2.24) is 5.32 Å². The topological polar surface area (TPSA) is 122 Å². The number of nitrogens with two attached hydrogens (primary N) is 1. The zero-order valence-electron chi connectivity index (χ0n) is 9.75. The summed E-state index contributed by atoms with van der Waals surface area (Å²) in [5.74, 6) is -3.10. The lowest BCUT2D eigenvalue weighted by molar-refractivity contribution is -0.748. The number of hydrogen-bond acceptors (Lipinski definition) is 6. The molecular weight excluding hydrogens is 261 g/mol. The maximum absolute atomic E-state index is 14.9. The minimum atomic E-state index is -2.44. The zero-order chi connectivity index (χ0) is 14.1. The van der Waals surface area contributed by atoms with Gasteiger partial charge >= 0.3 is 18.1 Å². The molecule has 5 N–H and O–H groups in total. The van der Waals surface area contributed by atoms with Crippen LogP contribution in [0.1, 0.15) is 0 Å². The van der Waals surface area contributed by atoms with Crippen molar-refractivity contribution in [3.8, 4) is 0 Å². The molecule has 3 aliphatic heterocycles. The molecule has 1 spiro atoms. The maximum Gasteiger partial charge on any atom is 0.433 e. The monoisotopic (exact) mass is 274 g/mol. The molecule has 5 atom stereocenters. The molecule has 0 aliphatic carbocycles. The molecule has 2 fully saturated rings. The van der Waals surface area contributed by atoms with Crippen LogP contribution in [0.2, 0.25) is 0 Å². The van der Waals surface area contributed by atoms with Crippen LogP contribution in [-0.2, 0) is 9.53 Å². The zero-order valence-corrected chi connectivity index (χ0v) is 9.75. The van der Waals surface area contributed by atoms with Crippen molar-refractivity contribution < 1.29 is 33.4 Å². The second-order valence-corrected chi connectivity index (χ2v) is 4.91. The van der Waals surface area contributed by atoms with Gasteiger partial charge in [-0.2, -0.15) is 4.39 Å². The highest BCUT2D eigenvalue weighted by molar-refractivity contribution is 6.00. The van der Waals surface area contributed by atoms with Crippen molar-refractivity contribution >= 4 is 11.9 Å². The number of quaternary nitrogens is 1. The van der Waals surface area contributed by atoms with E-state index < -0.39 is 46.8 Å². The van der Waals surface area contributed by atoms with Gasteiger partial charge in [0.15, 0.2) is 6.10 Å². The number of amides is 3. The molecule has 9 heteroatoms. The molecule has 0 bridgehead atoms. The normalized spacial score (nSPS) is 51.4. The first-order valence-corrected chi connectivity index (χ1v) is 5.68. The number of halogens is 1. The number of fused-ring (bicyclic) bond motifs is 3. The van der Waals surface area contributed by atoms with E-state index in [4.69, 9.17) is 10.5 Å². The highest BCUT2D eigenvalue weighted by Crippen LogP contribution is 2.64. The van der Waals surface area contributed by atoms with E-state index in [9.17, 15) is 24.2 Å². The van der Waals surface area contributed by atoms with Gasteiger partial charge in [-0.15, -0.1) is 4.48 Å². The summed E-state index contributed by atoms with van der Waals surface area (Å²) in [6, 6.07) is -0.914. The molecule has 104 valence electrons. The number of ether oxygens (including phenoxy) is 1. The minimum Gasteiger partial charge on any atom is -0.393 e. The van der Waals surface area contributed by atoms with Crippen LogP contribution in [0, 0.1) is 0 Å². The molecule has 2 saturated heterocycles. The number of aliphatic hydroxyl groups is 2. The summed E-state index contributed by atoms with van der Waals surface area (Å²) in [6.45, 7) is -0.964. The Morgan fingerprint density at radius 3 is 2.68 bits per heavy atom.